The largest absolute Gasteiger partial charge is 0.313 e. The van der Waals surface area contributed by atoms with Crippen LogP contribution in [0, 0.1) is 5.82 Å². The number of hydrogen-bond donors (Lipinski definition) is 1. The van der Waals surface area contributed by atoms with Crippen molar-refractivity contribution in [3.63, 3.8) is 0 Å². The number of benzene rings is 2. The van der Waals surface area contributed by atoms with Crippen LogP contribution in [0.2, 0.25) is 5.02 Å². The highest BCUT2D eigenvalue weighted by Crippen LogP contribution is 2.38. The van der Waals surface area contributed by atoms with Crippen molar-refractivity contribution in [2.75, 3.05) is 7.05 Å². The molecule has 0 aliphatic heterocycles. The lowest BCUT2D eigenvalue weighted by molar-refractivity contribution is 0.590. The Balaban J connectivity index is 2.11. The first-order chi connectivity index (χ1) is 9.20. The molecule has 1 nitrogen and oxygen atoms in total. The van der Waals surface area contributed by atoms with Crippen LogP contribution in [0.1, 0.15) is 23.6 Å². The van der Waals surface area contributed by atoms with Crippen molar-refractivity contribution in [3.05, 3.63) is 58.4 Å². The second kappa shape index (κ2) is 4.95. The summed E-state index contributed by atoms with van der Waals surface area (Å²) in [6, 6.07) is 11.7. The lowest BCUT2D eigenvalue weighted by atomic mass is 9.96. The number of nitrogens with one attached hydrogen (secondary N) is 1. The minimum absolute atomic E-state index is 0.179. The maximum absolute atomic E-state index is 13.3. The third-order valence-corrected chi connectivity index (χ3v) is 4.14. The van der Waals surface area contributed by atoms with Crippen molar-refractivity contribution < 1.29 is 4.39 Å². The minimum Gasteiger partial charge on any atom is -0.313 e. The van der Waals surface area contributed by atoms with E-state index < -0.39 is 0 Å². The summed E-state index contributed by atoms with van der Waals surface area (Å²) in [4.78, 5) is 0. The maximum Gasteiger partial charge on any atom is 0.141 e. The molecule has 3 heteroatoms. The highest BCUT2D eigenvalue weighted by molar-refractivity contribution is 6.31. The average Bonchev–Trinajstić information content (AvgIpc) is 2.85. The zero-order chi connectivity index (χ0) is 13.4. The molecule has 0 aromatic heterocycles. The van der Waals surface area contributed by atoms with Crippen molar-refractivity contribution in [1.29, 1.82) is 0 Å². The summed E-state index contributed by atoms with van der Waals surface area (Å²) in [5.74, 6) is -0.369. The van der Waals surface area contributed by atoms with Gasteiger partial charge in [-0.25, -0.2) is 4.39 Å². The molecule has 19 heavy (non-hydrogen) atoms. The second-order valence-electron chi connectivity index (χ2n) is 4.88. The molecule has 0 bridgehead atoms. The molecule has 0 saturated heterocycles. The number of halogens is 2. The number of fused-ring (bicyclic) bond motifs is 1. The Morgan fingerprint density at radius 3 is 2.84 bits per heavy atom. The molecule has 0 amide bonds. The molecular weight excluding hydrogens is 261 g/mol. The molecular formula is C16H15ClFN. The topological polar surface area (TPSA) is 12.0 Å². The molecule has 1 aliphatic carbocycles. The Labute approximate surface area is 117 Å². The van der Waals surface area contributed by atoms with Gasteiger partial charge in [-0.15, -0.1) is 0 Å². The monoisotopic (exact) mass is 275 g/mol. The molecule has 0 fully saturated rings. The lowest BCUT2D eigenvalue weighted by Crippen LogP contribution is -2.12. The summed E-state index contributed by atoms with van der Waals surface area (Å²) in [5, 5.41) is 3.51. The highest BCUT2D eigenvalue weighted by atomic mass is 35.5. The van der Waals surface area contributed by atoms with Crippen LogP contribution in [-0.4, -0.2) is 7.05 Å². The zero-order valence-corrected chi connectivity index (χ0v) is 11.5. The van der Waals surface area contributed by atoms with E-state index in [4.69, 9.17) is 11.6 Å². The number of hydrogen-bond acceptors (Lipinski definition) is 1. The summed E-state index contributed by atoms with van der Waals surface area (Å²) in [7, 11) is 1.99. The maximum atomic E-state index is 13.3. The van der Waals surface area contributed by atoms with E-state index in [-0.39, 0.29) is 10.8 Å². The number of rotatable bonds is 2. The van der Waals surface area contributed by atoms with Crippen LogP contribution in [0.25, 0.3) is 11.1 Å². The van der Waals surface area contributed by atoms with Gasteiger partial charge in [0.2, 0.25) is 0 Å². The van der Waals surface area contributed by atoms with E-state index in [9.17, 15) is 4.39 Å². The molecule has 0 heterocycles. The first-order valence-corrected chi connectivity index (χ1v) is 6.83. The van der Waals surface area contributed by atoms with Crippen LogP contribution in [0.15, 0.2) is 36.4 Å². The fourth-order valence-corrected chi connectivity index (χ4v) is 3.07. The van der Waals surface area contributed by atoms with E-state index in [0.29, 0.717) is 6.04 Å². The Hall–Kier alpha value is -1.38. The summed E-state index contributed by atoms with van der Waals surface area (Å²) in [6.07, 6.45) is 2.16. The molecule has 2 aromatic rings. The first kappa shape index (κ1) is 12.6. The van der Waals surface area contributed by atoms with E-state index in [1.54, 1.807) is 12.1 Å². The molecule has 0 radical (unpaired) electrons. The molecule has 98 valence electrons. The second-order valence-corrected chi connectivity index (χ2v) is 5.29. The molecule has 2 aromatic carbocycles. The molecule has 0 saturated carbocycles. The van der Waals surface area contributed by atoms with Crippen molar-refractivity contribution in [2.45, 2.75) is 18.9 Å². The van der Waals surface area contributed by atoms with E-state index in [1.807, 2.05) is 7.05 Å². The Kier molecular flexibility index (Phi) is 3.29. The molecule has 0 spiro atoms. The van der Waals surface area contributed by atoms with E-state index in [1.165, 1.54) is 17.2 Å². The SMILES string of the molecule is CNC1CCc2c(-c3ccc(F)c(Cl)c3)cccc21. The van der Waals surface area contributed by atoms with Crippen LogP contribution < -0.4 is 5.32 Å². The van der Waals surface area contributed by atoms with Crippen molar-refractivity contribution >= 4 is 11.6 Å². The summed E-state index contributed by atoms with van der Waals surface area (Å²) < 4.78 is 13.3. The van der Waals surface area contributed by atoms with Gasteiger partial charge in [0.15, 0.2) is 0 Å². The zero-order valence-electron chi connectivity index (χ0n) is 10.7. The van der Waals surface area contributed by atoms with Crippen molar-refractivity contribution in [1.82, 2.24) is 5.32 Å². The van der Waals surface area contributed by atoms with E-state index >= 15 is 0 Å². The van der Waals surface area contributed by atoms with Crippen LogP contribution in [0.4, 0.5) is 4.39 Å². The quantitative estimate of drug-likeness (QED) is 0.859. The van der Waals surface area contributed by atoms with Crippen molar-refractivity contribution in [2.24, 2.45) is 0 Å². The summed E-state index contributed by atoms with van der Waals surface area (Å²) in [5.41, 5.74) is 4.85. The van der Waals surface area contributed by atoms with Gasteiger partial charge >= 0.3 is 0 Å². The molecule has 1 aliphatic rings. The van der Waals surface area contributed by atoms with Crippen molar-refractivity contribution in [3.8, 4) is 11.1 Å². The van der Waals surface area contributed by atoms with E-state index in [0.717, 1.165) is 24.0 Å². The fourth-order valence-electron chi connectivity index (χ4n) is 2.89. The third-order valence-electron chi connectivity index (χ3n) is 3.85. The van der Waals surface area contributed by atoms with Gasteiger partial charge in [0, 0.05) is 6.04 Å². The smallest absolute Gasteiger partial charge is 0.141 e. The lowest BCUT2D eigenvalue weighted by Gasteiger charge is -2.12. The Morgan fingerprint density at radius 2 is 2.11 bits per heavy atom. The molecule has 1 N–H and O–H groups in total. The van der Waals surface area contributed by atoms with Crippen LogP contribution in [0.5, 0.6) is 0 Å². The third kappa shape index (κ3) is 2.15. The van der Waals surface area contributed by atoms with Gasteiger partial charge in [0.1, 0.15) is 5.82 Å². The summed E-state index contributed by atoms with van der Waals surface area (Å²) >= 11 is 5.88. The van der Waals surface area contributed by atoms with Gasteiger partial charge in [-0.3, -0.25) is 0 Å². The fraction of sp³-hybridized carbons (Fsp3) is 0.250. The van der Waals surface area contributed by atoms with Gasteiger partial charge in [0.25, 0.3) is 0 Å². The Bertz CT molecular complexity index is 624. The average molecular weight is 276 g/mol. The van der Waals surface area contributed by atoms with E-state index in [2.05, 4.69) is 23.5 Å². The molecule has 1 atom stereocenters. The normalized spacial score (nSPS) is 17.5. The first-order valence-electron chi connectivity index (χ1n) is 6.45. The molecule has 3 rings (SSSR count). The van der Waals surface area contributed by atoms with Gasteiger partial charge in [-0.05, 0) is 54.3 Å². The predicted molar refractivity (Wildman–Crippen MR) is 77.0 cm³/mol. The highest BCUT2D eigenvalue weighted by Gasteiger charge is 2.23. The van der Waals surface area contributed by atoms with Crippen LogP contribution in [-0.2, 0) is 6.42 Å². The van der Waals surface area contributed by atoms with Gasteiger partial charge in [-0.1, -0.05) is 35.9 Å². The summed E-state index contributed by atoms with van der Waals surface area (Å²) in [6.45, 7) is 0. The minimum atomic E-state index is -0.369. The standard InChI is InChI=1S/C16H15ClFN/c1-19-16-8-6-12-11(3-2-4-13(12)16)10-5-7-15(18)14(17)9-10/h2-5,7,9,16,19H,6,8H2,1H3. The van der Waals surface area contributed by atoms with Crippen LogP contribution >= 0.6 is 11.6 Å². The predicted octanol–water partition coefficient (Wildman–Crippen LogP) is 4.35. The van der Waals surface area contributed by atoms with Gasteiger partial charge < -0.3 is 5.32 Å². The van der Waals surface area contributed by atoms with Gasteiger partial charge in [-0.2, -0.15) is 0 Å². The Morgan fingerprint density at radius 1 is 1.26 bits per heavy atom. The van der Waals surface area contributed by atoms with Crippen LogP contribution in [0.3, 0.4) is 0 Å². The van der Waals surface area contributed by atoms with Gasteiger partial charge in [0.05, 0.1) is 5.02 Å². The molecule has 1 unspecified atom stereocenters.